The van der Waals surface area contributed by atoms with Crippen LogP contribution in [0.4, 0.5) is 5.69 Å². The normalized spacial score (nSPS) is 16.2. The third-order valence-corrected chi connectivity index (χ3v) is 5.57. The number of pyridine rings is 1. The van der Waals surface area contributed by atoms with E-state index in [1.54, 1.807) is 7.11 Å². The van der Waals surface area contributed by atoms with Crippen LogP contribution in [0.3, 0.4) is 0 Å². The zero-order valence-electron chi connectivity index (χ0n) is 16.6. The number of carbonyl (C=O) groups is 1. The Bertz CT molecular complexity index is 878. The van der Waals surface area contributed by atoms with Gasteiger partial charge in [-0.3, -0.25) is 9.78 Å². The number of ether oxygens (including phenoxy) is 3. The van der Waals surface area contributed by atoms with Crippen molar-refractivity contribution in [1.29, 1.82) is 0 Å². The standard InChI is InChI=1S/C22H26N2O5/c1-27-10-2-3-15-11-18(24-8-6-16(7-9-24)22(25)26)21(23-13-15)17-4-5-19-20(12-17)29-14-28-19/h4-5,11-13,16H,2-3,6-10,14H2,1H3,(H,25,26). The zero-order valence-corrected chi connectivity index (χ0v) is 16.6. The summed E-state index contributed by atoms with van der Waals surface area (Å²) in [5, 5.41) is 9.31. The molecule has 0 bridgehead atoms. The van der Waals surface area contributed by atoms with Gasteiger partial charge in [0.15, 0.2) is 11.5 Å². The summed E-state index contributed by atoms with van der Waals surface area (Å²) in [6.07, 6.45) is 5.03. The molecule has 3 heterocycles. The Labute approximate surface area is 170 Å². The average Bonchev–Trinajstić information content (AvgIpc) is 3.22. The second kappa shape index (κ2) is 8.69. The first kappa shape index (κ1) is 19.5. The Balaban J connectivity index is 1.64. The molecule has 4 rings (SSSR count). The highest BCUT2D eigenvalue weighted by Gasteiger charge is 2.27. The molecule has 0 amide bonds. The number of carboxylic acid groups (broad SMARTS) is 1. The molecular formula is C22H26N2O5. The molecule has 0 radical (unpaired) electrons. The monoisotopic (exact) mass is 398 g/mol. The smallest absolute Gasteiger partial charge is 0.306 e. The molecule has 1 N–H and O–H groups in total. The minimum absolute atomic E-state index is 0.236. The number of fused-ring (bicyclic) bond motifs is 1. The number of nitrogens with zero attached hydrogens (tertiary/aromatic N) is 2. The van der Waals surface area contributed by atoms with Crippen molar-refractivity contribution in [3.05, 3.63) is 36.0 Å². The van der Waals surface area contributed by atoms with Crippen LogP contribution in [0.2, 0.25) is 0 Å². The molecule has 2 aliphatic rings. The topological polar surface area (TPSA) is 81.1 Å². The molecule has 2 aliphatic heterocycles. The number of aryl methyl sites for hydroxylation is 1. The summed E-state index contributed by atoms with van der Waals surface area (Å²) in [5.41, 5.74) is 4.05. The maximum Gasteiger partial charge on any atom is 0.306 e. The first-order valence-electron chi connectivity index (χ1n) is 10.0. The van der Waals surface area contributed by atoms with Crippen molar-refractivity contribution in [3.63, 3.8) is 0 Å². The Hall–Kier alpha value is -2.80. The fourth-order valence-electron chi connectivity index (χ4n) is 3.93. The van der Waals surface area contributed by atoms with Crippen LogP contribution in [-0.4, -0.2) is 49.7 Å². The van der Waals surface area contributed by atoms with Gasteiger partial charge >= 0.3 is 5.97 Å². The van der Waals surface area contributed by atoms with Crippen molar-refractivity contribution in [3.8, 4) is 22.8 Å². The summed E-state index contributed by atoms with van der Waals surface area (Å²) >= 11 is 0. The summed E-state index contributed by atoms with van der Waals surface area (Å²) in [6.45, 7) is 2.36. The predicted molar refractivity (Wildman–Crippen MR) is 109 cm³/mol. The van der Waals surface area contributed by atoms with Gasteiger partial charge in [0.25, 0.3) is 0 Å². The van der Waals surface area contributed by atoms with Gasteiger partial charge in [0, 0.05) is 38.6 Å². The molecule has 1 aromatic heterocycles. The number of anilines is 1. The number of hydrogen-bond acceptors (Lipinski definition) is 6. The highest BCUT2D eigenvalue weighted by Crippen LogP contribution is 2.39. The Kier molecular flexibility index (Phi) is 5.85. The van der Waals surface area contributed by atoms with Crippen molar-refractivity contribution in [1.82, 2.24) is 4.98 Å². The molecule has 1 saturated heterocycles. The Morgan fingerprint density at radius 1 is 1.24 bits per heavy atom. The van der Waals surface area contributed by atoms with Crippen molar-refractivity contribution in [2.75, 3.05) is 38.5 Å². The number of methoxy groups -OCH3 is 1. The summed E-state index contributed by atoms with van der Waals surface area (Å²) in [5.74, 6) is 0.503. The van der Waals surface area contributed by atoms with Gasteiger partial charge in [-0.05, 0) is 55.5 Å². The lowest BCUT2D eigenvalue weighted by Crippen LogP contribution is -2.36. The Morgan fingerprint density at radius 2 is 2.03 bits per heavy atom. The maximum absolute atomic E-state index is 11.3. The molecule has 0 spiro atoms. The van der Waals surface area contributed by atoms with Crippen LogP contribution in [0.15, 0.2) is 30.5 Å². The molecule has 29 heavy (non-hydrogen) atoms. The lowest BCUT2D eigenvalue weighted by Gasteiger charge is -2.33. The number of piperidine rings is 1. The first-order chi connectivity index (χ1) is 14.2. The molecule has 154 valence electrons. The third kappa shape index (κ3) is 4.29. The average molecular weight is 398 g/mol. The van der Waals surface area contributed by atoms with Gasteiger partial charge in [0.2, 0.25) is 6.79 Å². The van der Waals surface area contributed by atoms with E-state index in [4.69, 9.17) is 19.2 Å². The van der Waals surface area contributed by atoms with Gasteiger partial charge in [0.05, 0.1) is 17.3 Å². The SMILES string of the molecule is COCCCc1cnc(-c2ccc3c(c2)OCO3)c(N2CCC(C(=O)O)CC2)c1. The minimum Gasteiger partial charge on any atom is -0.481 e. The van der Waals surface area contributed by atoms with Gasteiger partial charge in [-0.2, -0.15) is 0 Å². The van der Waals surface area contributed by atoms with E-state index in [9.17, 15) is 9.90 Å². The highest BCUT2D eigenvalue weighted by molar-refractivity contribution is 5.78. The number of aromatic nitrogens is 1. The van der Waals surface area contributed by atoms with E-state index in [0.29, 0.717) is 32.5 Å². The van der Waals surface area contributed by atoms with Gasteiger partial charge in [-0.15, -0.1) is 0 Å². The van der Waals surface area contributed by atoms with Crippen molar-refractivity contribution in [2.24, 2.45) is 5.92 Å². The van der Waals surface area contributed by atoms with Crippen LogP contribution in [-0.2, 0) is 16.0 Å². The number of benzene rings is 1. The number of rotatable bonds is 7. The van der Waals surface area contributed by atoms with E-state index in [2.05, 4.69) is 11.0 Å². The van der Waals surface area contributed by atoms with E-state index >= 15 is 0 Å². The second-order valence-corrected chi connectivity index (χ2v) is 7.48. The van der Waals surface area contributed by atoms with Crippen LogP contribution in [0.1, 0.15) is 24.8 Å². The summed E-state index contributed by atoms with van der Waals surface area (Å²) in [7, 11) is 1.71. The zero-order chi connectivity index (χ0) is 20.2. The van der Waals surface area contributed by atoms with E-state index < -0.39 is 5.97 Å². The Morgan fingerprint density at radius 3 is 2.79 bits per heavy atom. The van der Waals surface area contributed by atoms with Crippen LogP contribution >= 0.6 is 0 Å². The molecule has 2 aromatic rings. The predicted octanol–water partition coefficient (Wildman–Crippen LogP) is 3.36. The highest BCUT2D eigenvalue weighted by atomic mass is 16.7. The van der Waals surface area contributed by atoms with E-state index in [1.165, 1.54) is 0 Å². The lowest BCUT2D eigenvalue weighted by molar-refractivity contribution is -0.142. The maximum atomic E-state index is 11.3. The molecule has 0 unspecified atom stereocenters. The van der Waals surface area contributed by atoms with Gasteiger partial charge in [0.1, 0.15) is 0 Å². The van der Waals surface area contributed by atoms with Gasteiger partial charge in [-0.1, -0.05) is 0 Å². The first-order valence-corrected chi connectivity index (χ1v) is 10.0. The lowest BCUT2D eigenvalue weighted by atomic mass is 9.95. The van der Waals surface area contributed by atoms with Crippen LogP contribution in [0, 0.1) is 5.92 Å². The molecular weight excluding hydrogens is 372 g/mol. The van der Waals surface area contributed by atoms with E-state index in [0.717, 1.165) is 46.8 Å². The number of aliphatic carboxylic acids is 1. The van der Waals surface area contributed by atoms with Crippen LogP contribution in [0.25, 0.3) is 11.3 Å². The van der Waals surface area contributed by atoms with Gasteiger partial charge in [-0.25, -0.2) is 0 Å². The van der Waals surface area contributed by atoms with Crippen molar-refractivity contribution < 1.29 is 24.1 Å². The molecule has 0 aliphatic carbocycles. The van der Waals surface area contributed by atoms with Crippen molar-refractivity contribution in [2.45, 2.75) is 25.7 Å². The largest absolute Gasteiger partial charge is 0.481 e. The molecule has 0 saturated carbocycles. The molecule has 7 nitrogen and oxygen atoms in total. The minimum atomic E-state index is -0.702. The van der Waals surface area contributed by atoms with Crippen LogP contribution < -0.4 is 14.4 Å². The molecule has 0 atom stereocenters. The van der Waals surface area contributed by atoms with Crippen LogP contribution in [0.5, 0.6) is 11.5 Å². The van der Waals surface area contributed by atoms with Gasteiger partial charge < -0.3 is 24.2 Å². The van der Waals surface area contributed by atoms with E-state index in [1.807, 2.05) is 24.4 Å². The second-order valence-electron chi connectivity index (χ2n) is 7.48. The molecule has 7 heteroatoms. The fraction of sp³-hybridized carbons (Fsp3) is 0.455. The van der Waals surface area contributed by atoms with E-state index in [-0.39, 0.29) is 12.7 Å². The molecule has 1 aromatic carbocycles. The van der Waals surface area contributed by atoms with Crippen molar-refractivity contribution >= 4 is 11.7 Å². The quantitative estimate of drug-likeness (QED) is 0.716. The molecule has 1 fully saturated rings. The summed E-state index contributed by atoms with van der Waals surface area (Å²) in [4.78, 5) is 18.4. The summed E-state index contributed by atoms with van der Waals surface area (Å²) in [6, 6.07) is 8.05. The number of carboxylic acids is 1. The number of hydrogen-bond donors (Lipinski definition) is 1. The fourth-order valence-corrected chi connectivity index (χ4v) is 3.93. The third-order valence-electron chi connectivity index (χ3n) is 5.57. The summed E-state index contributed by atoms with van der Waals surface area (Å²) < 4.78 is 16.1.